The number of carbonyl (C=O) groups is 3. The van der Waals surface area contributed by atoms with E-state index in [1.807, 2.05) is 0 Å². The molecule has 2 heterocycles. The van der Waals surface area contributed by atoms with Gasteiger partial charge in [0.05, 0.1) is 4.88 Å². The molecule has 21 heavy (non-hydrogen) atoms. The molecule has 0 aliphatic carbocycles. The molecule has 7 heteroatoms. The van der Waals surface area contributed by atoms with Crippen molar-refractivity contribution in [3.63, 3.8) is 0 Å². The van der Waals surface area contributed by atoms with Crippen LogP contribution in [0.25, 0.3) is 0 Å². The lowest BCUT2D eigenvalue weighted by Gasteiger charge is -2.21. The number of primary amides is 1. The van der Waals surface area contributed by atoms with E-state index in [4.69, 9.17) is 17.3 Å². The molecule has 0 bridgehead atoms. The molecular formula is C14H9ClN2O3S. The number of thiophene rings is 1. The maximum atomic E-state index is 12.8. The van der Waals surface area contributed by atoms with Crippen LogP contribution in [-0.4, -0.2) is 17.6 Å². The van der Waals surface area contributed by atoms with Crippen molar-refractivity contribution in [2.24, 2.45) is 5.73 Å². The highest BCUT2D eigenvalue weighted by Gasteiger charge is 2.58. The first-order valence-electron chi connectivity index (χ1n) is 5.97. The van der Waals surface area contributed by atoms with Crippen LogP contribution in [-0.2, 0) is 15.0 Å². The maximum absolute atomic E-state index is 12.8. The molecule has 1 atom stereocenters. The Bertz CT molecular complexity index is 773. The molecule has 0 saturated heterocycles. The van der Waals surface area contributed by atoms with Gasteiger partial charge in [-0.25, -0.2) is 0 Å². The van der Waals surface area contributed by atoms with Gasteiger partial charge in [0, 0.05) is 16.3 Å². The van der Waals surface area contributed by atoms with E-state index in [0.717, 1.165) is 11.3 Å². The lowest BCUT2D eigenvalue weighted by molar-refractivity contribution is -0.130. The first-order valence-corrected chi connectivity index (χ1v) is 7.23. The number of ketones is 1. The van der Waals surface area contributed by atoms with Crippen LogP contribution in [0, 0.1) is 0 Å². The van der Waals surface area contributed by atoms with Gasteiger partial charge >= 0.3 is 0 Å². The number of halogens is 1. The van der Waals surface area contributed by atoms with Gasteiger partial charge in [-0.1, -0.05) is 17.7 Å². The minimum atomic E-state index is -2.06. The molecule has 1 aromatic heterocycles. The maximum Gasteiger partial charge on any atom is 0.252 e. The van der Waals surface area contributed by atoms with Gasteiger partial charge in [-0.05, 0) is 29.6 Å². The van der Waals surface area contributed by atoms with Crippen molar-refractivity contribution in [1.82, 2.24) is 0 Å². The van der Waals surface area contributed by atoms with Crippen molar-refractivity contribution < 1.29 is 14.4 Å². The number of nitrogens with two attached hydrogens (primary N) is 1. The summed E-state index contributed by atoms with van der Waals surface area (Å²) in [5, 5.41) is 4.53. The zero-order valence-corrected chi connectivity index (χ0v) is 12.1. The molecule has 2 amide bonds. The second-order valence-electron chi connectivity index (χ2n) is 4.56. The molecule has 0 saturated carbocycles. The molecule has 1 unspecified atom stereocenters. The van der Waals surface area contributed by atoms with Gasteiger partial charge in [0.25, 0.3) is 5.91 Å². The molecule has 5 nitrogen and oxygen atoms in total. The van der Waals surface area contributed by atoms with Gasteiger partial charge < -0.3 is 11.1 Å². The van der Waals surface area contributed by atoms with Gasteiger partial charge in [0.1, 0.15) is 0 Å². The van der Waals surface area contributed by atoms with Crippen molar-refractivity contribution >= 4 is 46.2 Å². The van der Waals surface area contributed by atoms with Gasteiger partial charge in [0.2, 0.25) is 17.1 Å². The third-order valence-electron chi connectivity index (χ3n) is 3.43. The van der Waals surface area contributed by atoms with Crippen LogP contribution in [0.15, 0.2) is 35.7 Å². The fourth-order valence-corrected chi connectivity index (χ4v) is 3.34. The number of hydrogen-bond donors (Lipinski definition) is 2. The van der Waals surface area contributed by atoms with E-state index in [1.54, 1.807) is 29.6 Å². The lowest BCUT2D eigenvalue weighted by Crippen LogP contribution is -2.52. The van der Waals surface area contributed by atoms with Crippen LogP contribution < -0.4 is 11.1 Å². The molecule has 3 N–H and O–H groups in total. The Morgan fingerprint density at radius 1 is 1.29 bits per heavy atom. The van der Waals surface area contributed by atoms with Crippen LogP contribution in [0.1, 0.15) is 15.2 Å². The van der Waals surface area contributed by atoms with E-state index in [0.29, 0.717) is 10.7 Å². The monoisotopic (exact) mass is 320 g/mol. The first kappa shape index (κ1) is 13.8. The van der Waals surface area contributed by atoms with Gasteiger partial charge in [-0.3, -0.25) is 14.4 Å². The molecule has 0 fully saturated rings. The molecule has 1 aliphatic heterocycles. The second kappa shape index (κ2) is 4.68. The van der Waals surface area contributed by atoms with Crippen LogP contribution in [0.4, 0.5) is 5.69 Å². The molecule has 3 rings (SSSR count). The third-order valence-corrected chi connectivity index (χ3v) is 4.53. The normalized spacial score (nSPS) is 20.0. The number of amides is 2. The zero-order chi connectivity index (χ0) is 15.2. The molecule has 1 aromatic carbocycles. The van der Waals surface area contributed by atoms with E-state index in [1.165, 1.54) is 6.07 Å². The predicted octanol–water partition coefficient (Wildman–Crippen LogP) is 1.96. The van der Waals surface area contributed by atoms with Crippen LogP contribution >= 0.6 is 22.9 Å². The Morgan fingerprint density at radius 3 is 2.67 bits per heavy atom. The van der Waals surface area contributed by atoms with Gasteiger partial charge in [-0.2, -0.15) is 0 Å². The summed E-state index contributed by atoms with van der Waals surface area (Å²) in [4.78, 5) is 37.5. The number of fused-ring (bicyclic) bond motifs is 1. The molecule has 106 valence electrons. The Labute approximate surface area is 128 Å². The quantitative estimate of drug-likeness (QED) is 0.669. The minimum Gasteiger partial charge on any atom is -0.368 e. The van der Waals surface area contributed by atoms with Crippen LogP contribution in [0.3, 0.4) is 0 Å². The summed E-state index contributed by atoms with van der Waals surface area (Å²) in [6, 6.07) is 7.74. The number of Topliss-reactive ketones (excluding diaryl/α,β-unsaturated/α-hetero) is 1. The van der Waals surface area contributed by atoms with E-state index in [-0.39, 0.29) is 10.4 Å². The van der Waals surface area contributed by atoms with E-state index >= 15 is 0 Å². The number of carbonyl (C=O) groups excluding carboxylic acids is 3. The molecule has 0 radical (unpaired) electrons. The smallest absolute Gasteiger partial charge is 0.252 e. The number of rotatable bonds is 3. The average molecular weight is 321 g/mol. The Balaban J connectivity index is 2.29. The van der Waals surface area contributed by atoms with Crippen molar-refractivity contribution in [2.45, 2.75) is 5.41 Å². The Hall–Kier alpha value is -2.18. The topological polar surface area (TPSA) is 89.3 Å². The van der Waals surface area contributed by atoms with Crippen molar-refractivity contribution in [1.29, 1.82) is 0 Å². The third kappa shape index (κ3) is 1.80. The van der Waals surface area contributed by atoms with E-state index in [2.05, 4.69) is 5.32 Å². The van der Waals surface area contributed by atoms with Gasteiger partial charge in [-0.15, -0.1) is 11.3 Å². The van der Waals surface area contributed by atoms with E-state index in [9.17, 15) is 14.4 Å². The number of hydrogen-bond acceptors (Lipinski definition) is 4. The Kier molecular flexibility index (Phi) is 3.07. The second-order valence-corrected chi connectivity index (χ2v) is 5.95. The standard InChI is InChI=1S/C14H9ClN2O3S/c15-7-3-4-9-8(6-7)14(12(16)19,13(20)17-9)11(18)10-2-1-5-21-10/h1-6H,(H2,16,19)(H,17,20). The summed E-state index contributed by atoms with van der Waals surface area (Å²) >= 11 is 7.08. The molecule has 2 aromatic rings. The fraction of sp³-hybridized carbons (Fsp3) is 0.0714. The summed E-state index contributed by atoms with van der Waals surface area (Å²) < 4.78 is 0. The summed E-state index contributed by atoms with van der Waals surface area (Å²) in [6.07, 6.45) is 0. The highest BCUT2D eigenvalue weighted by Crippen LogP contribution is 2.42. The highest BCUT2D eigenvalue weighted by molar-refractivity contribution is 7.12. The molecular weight excluding hydrogens is 312 g/mol. The number of anilines is 1. The van der Waals surface area contributed by atoms with E-state index < -0.39 is 23.0 Å². The molecule has 1 aliphatic rings. The number of nitrogens with one attached hydrogen (secondary N) is 1. The minimum absolute atomic E-state index is 0.200. The lowest BCUT2D eigenvalue weighted by atomic mass is 9.76. The summed E-state index contributed by atoms with van der Waals surface area (Å²) in [7, 11) is 0. The summed E-state index contributed by atoms with van der Waals surface area (Å²) in [5.41, 5.74) is 3.94. The van der Waals surface area contributed by atoms with Crippen molar-refractivity contribution in [2.75, 3.05) is 5.32 Å². The first-order chi connectivity index (χ1) is 9.97. The average Bonchev–Trinajstić information content (AvgIpc) is 3.03. The van der Waals surface area contributed by atoms with Crippen molar-refractivity contribution in [3.8, 4) is 0 Å². The Morgan fingerprint density at radius 2 is 2.05 bits per heavy atom. The SMILES string of the molecule is NC(=O)C1(C(=O)c2cccs2)C(=O)Nc2ccc(Cl)cc21. The number of benzene rings is 1. The van der Waals surface area contributed by atoms with Crippen molar-refractivity contribution in [3.05, 3.63) is 51.2 Å². The highest BCUT2D eigenvalue weighted by atomic mass is 35.5. The fourth-order valence-electron chi connectivity index (χ4n) is 2.45. The summed E-state index contributed by atoms with van der Waals surface area (Å²) in [5.74, 6) is -2.39. The van der Waals surface area contributed by atoms with Gasteiger partial charge in [0.15, 0.2) is 0 Å². The largest absolute Gasteiger partial charge is 0.368 e. The van der Waals surface area contributed by atoms with Crippen LogP contribution in [0.2, 0.25) is 5.02 Å². The van der Waals surface area contributed by atoms with Crippen LogP contribution in [0.5, 0.6) is 0 Å². The summed E-state index contributed by atoms with van der Waals surface area (Å²) in [6.45, 7) is 0. The predicted molar refractivity (Wildman–Crippen MR) is 79.6 cm³/mol. The zero-order valence-electron chi connectivity index (χ0n) is 10.6. The molecule has 0 spiro atoms.